The third kappa shape index (κ3) is 3.30. The number of nitrogens with zero attached hydrogens (tertiary/aromatic N) is 1. The highest BCUT2D eigenvalue weighted by molar-refractivity contribution is 5.61. The van der Waals surface area contributed by atoms with Crippen LogP contribution in [0.25, 0.3) is 0 Å². The van der Waals surface area contributed by atoms with Gasteiger partial charge in [-0.1, -0.05) is 6.07 Å². The predicted molar refractivity (Wildman–Crippen MR) is 61.2 cm³/mol. The van der Waals surface area contributed by atoms with Crippen LogP contribution in [0.4, 0.5) is 27.6 Å². The Morgan fingerprint density at radius 3 is 2.60 bits per heavy atom. The Hall–Kier alpha value is -1.57. The van der Waals surface area contributed by atoms with E-state index in [4.69, 9.17) is 4.74 Å². The van der Waals surface area contributed by atoms with Gasteiger partial charge in [-0.25, -0.2) is 8.78 Å². The lowest BCUT2D eigenvalue weighted by Crippen LogP contribution is -2.39. The summed E-state index contributed by atoms with van der Waals surface area (Å²) in [5.41, 5.74) is -0.0813. The molecule has 0 bridgehead atoms. The number of alkyl halides is 5. The number of aliphatic hydroxyl groups excluding tert-OH is 1. The Balaban J connectivity index is 2.31. The molecule has 0 saturated carbocycles. The monoisotopic (exact) mass is 297 g/mol. The molecule has 1 aromatic rings. The van der Waals surface area contributed by atoms with Gasteiger partial charge in [-0.05, 0) is 17.7 Å². The van der Waals surface area contributed by atoms with E-state index in [-0.39, 0.29) is 30.2 Å². The quantitative estimate of drug-likeness (QED) is 0.871. The number of aliphatic hydroxyl groups is 1. The van der Waals surface area contributed by atoms with Crippen molar-refractivity contribution in [2.75, 3.05) is 24.6 Å². The fourth-order valence-electron chi connectivity index (χ4n) is 2.00. The highest BCUT2D eigenvalue weighted by Crippen LogP contribution is 2.36. The smallest absolute Gasteiger partial charge is 0.405 e. The molecule has 2 rings (SSSR count). The normalized spacial score (nSPS) is 16.9. The van der Waals surface area contributed by atoms with Gasteiger partial charge in [-0.15, -0.1) is 0 Å². The largest absolute Gasteiger partial charge is 0.490 e. The summed E-state index contributed by atoms with van der Waals surface area (Å²) >= 11 is 0. The molecule has 0 fully saturated rings. The number of ether oxygens (including phenoxy) is 1. The minimum Gasteiger partial charge on any atom is -0.490 e. The average molecular weight is 297 g/mol. The van der Waals surface area contributed by atoms with Crippen molar-refractivity contribution in [3.8, 4) is 5.75 Å². The second-order valence-corrected chi connectivity index (χ2v) is 4.39. The molecule has 0 amide bonds. The van der Waals surface area contributed by atoms with Gasteiger partial charge in [0, 0.05) is 0 Å². The summed E-state index contributed by atoms with van der Waals surface area (Å²) in [6.07, 6.45) is -9.45. The maximum Gasteiger partial charge on any atom is 0.405 e. The van der Waals surface area contributed by atoms with Gasteiger partial charge in [0.1, 0.15) is 25.0 Å². The van der Waals surface area contributed by atoms with Crippen LogP contribution in [-0.2, 0) is 0 Å². The third-order valence-corrected chi connectivity index (χ3v) is 2.89. The number of hydrogen-bond acceptors (Lipinski definition) is 3. The minimum absolute atomic E-state index is 0.000731. The van der Waals surface area contributed by atoms with E-state index in [1.54, 1.807) is 0 Å². The summed E-state index contributed by atoms with van der Waals surface area (Å²) in [7, 11) is 0. The summed E-state index contributed by atoms with van der Waals surface area (Å²) in [5, 5.41) is 9.29. The molecule has 112 valence electrons. The van der Waals surface area contributed by atoms with E-state index in [0.717, 1.165) is 11.0 Å². The van der Waals surface area contributed by atoms with Crippen molar-refractivity contribution in [1.82, 2.24) is 0 Å². The molecule has 0 aliphatic carbocycles. The lowest BCUT2D eigenvalue weighted by Gasteiger charge is -2.32. The Labute approximate surface area is 111 Å². The molecule has 1 heterocycles. The number of benzene rings is 1. The average Bonchev–Trinajstić information content (AvgIpc) is 2.36. The topological polar surface area (TPSA) is 32.7 Å². The van der Waals surface area contributed by atoms with Gasteiger partial charge in [0.2, 0.25) is 0 Å². The van der Waals surface area contributed by atoms with Crippen molar-refractivity contribution in [2.24, 2.45) is 0 Å². The van der Waals surface area contributed by atoms with Crippen molar-refractivity contribution in [2.45, 2.75) is 18.7 Å². The van der Waals surface area contributed by atoms with Gasteiger partial charge >= 0.3 is 6.18 Å². The van der Waals surface area contributed by atoms with Gasteiger partial charge in [0.25, 0.3) is 6.43 Å². The molecule has 20 heavy (non-hydrogen) atoms. The number of hydrogen-bond donors (Lipinski definition) is 1. The molecule has 8 heteroatoms. The second-order valence-electron chi connectivity index (χ2n) is 4.39. The van der Waals surface area contributed by atoms with Gasteiger partial charge in [0.05, 0.1) is 12.2 Å². The summed E-state index contributed by atoms with van der Waals surface area (Å²) in [6.45, 7) is -1.11. The van der Waals surface area contributed by atoms with Crippen molar-refractivity contribution in [3.05, 3.63) is 23.8 Å². The van der Waals surface area contributed by atoms with Crippen LogP contribution in [0, 0.1) is 0 Å². The van der Waals surface area contributed by atoms with Crippen LogP contribution in [0.1, 0.15) is 11.7 Å². The molecule has 0 spiro atoms. The third-order valence-electron chi connectivity index (χ3n) is 2.89. The van der Waals surface area contributed by atoms with E-state index < -0.39 is 25.3 Å². The molecule has 0 aromatic heterocycles. The summed E-state index contributed by atoms with van der Waals surface area (Å²) < 4.78 is 67.5. The van der Waals surface area contributed by atoms with Gasteiger partial charge in [0.15, 0.2) is 0 Å². The molecule has 1 aliphatic rings. The lowest BCUT2D eigenvalue weighted by molar-refractivity contribution is -0.120. The van der Waals surface area contributed by atoms with Crippen LogP contribution in [0.3, 0.4) is 0 Å². The van der Waals surface area contributed by atoms with Gasteiger partial charge in [-0.3, -0.25) is 0 Å². The molecular formula is C12H12F5NO2. The molecule has 3 nitrogen and oxygen atoms in total. The molecule has 1 atom stereocenters. The Bertz CT molecular complexity index is 477. The van der Waals surface area contributed by atoms with E-state index in [1.807, 2.05) is 0 Å². The van der Waals surface area contributed by atoms with E-state index in [0.29, 0.717) is 0 Å². The fourth-order valence-corrected chi connectivity index (χ4v) is 2.00. The van der Waals surface area contributed by atoms with E-state index in [2.05, 4.69) is 0 Å². The van der Waals surface area contributed by atoms with Crippen LogP contribution >= 0.6 is 0 Å². The zero-order valence-corrected chi connectivity index (χ0v) is 10.2. The van der Waals surface area contributed by atoms with Crippen molar-refractivity contribution < 1.29 is 31.8 Å². The Kier molecular flexibility index (Phi) is 4.03. The highest BCUT2D eigenvalue weighted by Gasteiger charge is 2.33. The molecule has 1 N–H and O–H groups in total. The molecule has 1 aliphatic heterocycles. The Morgan fingerprint density at radius 2 is 2.00 bits per heavy atom. The van der Waals surface area contributed by atoms with Crippen LogP contribution in [0.2, 0.25) is 0 Å². The zero-order chi connectivity index (χ0) is 14.9. The number of fused-ring (bicyclic) bond motifs is 1. The first-order valence-corrected chi connectivity index (χ1v) is 5.82. The first-order chi connectivity index (χ1) is 9.28. The summed E-state index contributed by atoms with van der Waals surface area (Å²) in [6, 6.07) is 3.61. The maximum absolute atomic E-state index is 12.5. The van der Waals surface area contributed by atoms with Crippen LogP contribution < -0.4 is 9.64 Å². The highest BCUT2D eigenvalue weighted by atomic mass is 19.4. The van der Waals surface area contributed by atoms with Crippen LogP contribution in [0.15, 0.2) is 18.2 Å². The Morgan fingerprint density at radius 1 is 1.30 bits per heavy atom. The predicted octanol–water partition coefficient (Wildman–Crippen LogP) is 2.75. The van der Waals surface area contributed by atoms with E-state index in [9.17, 15) is 27.1 Å². The first-order valence-electron chi connectivity index (χ1n) is 5.82. The summed E-state index contributed by atoms with van der Waals surface area (Å²) in [5.74, 6) is 0.186. The number of anilines is 1. The van der Waals surface area contributed by atoms with Crippen LogP contribution in [0.5, 0.6) is 5.75 Å². The van der Waals surface area contributed by atoms with Crippen molar-refractivity contribution in [1.29, 1.82) is 0 Å². The molecule has 1 aromatic carbocycles. The van der Waals surface area contributed by atoms with Gasteiger partial charge in [-0.2, -0.15) is 13.2 Å². The standard InChI is InChI=1S/C12H12F5NO2/c13-11(14)10(19)7-1-2-9-8(5-7)18(3-4-20-9)6-12(15,16)17/h1-2,5,10-11,19H,3-4,6H2. The SMILES string of the molecule is OC(c1ccc2c(c1)N(CC(F)(F)F)CCO2)C(F)F. The second kappa shape index (κ2) is 5.43. The number of halogens is 5. The molecule has 1 unspecified atom stereocenters. The van der Waals surface area contributed by atoms with Crippen molar-refractivity contribution >= 4 is 5.69 Å². The number of rotatable bonds is 3. The molecule has 0 saturated heterocycles. The fraction of sp³-hybridized carbons (Fsp3) is 0.500. The lowest BCUT2D eigenvalue weighted by atomic mass is 10.1. The van der Waals surface area contributed by atoms with Crippen LogP contribution in [-0.4, -0.2) is 37.4 Å². The summed E-state index contributed by atoms with van der Waals surface area (Å²) in [4.78, 5) is 1.00. The van der Waals surface area contributed by atoms with Crippen molar-refractivity contribution in [3.63, 3.8) is 0 Å². The zero-order valence-electron chi connectivity index (χ0n) is 10.2. The maximum atomic E-state index is 12.5. The first kappa shape index (κ1) is 14.8. The minimum atomic E-state index is -4.41. The molecular weight excluding hydrogens is 285 g/mol. The van der Waals surface area contributed by atoms with E-state index in [1.165, 1.54) is 12.1 Å². The van der Waals surface area contributed by atoms with Gasteiger partial charge < -0.3 is 14.7 Å². The molecule has 0 radical (unpaired) electrons. The van der Waals surface area contributed by atoms with E-state index >= 15 is 0 Å².